The maximum atomic E-state index is 12.0. The molecule has 0 unspecified atom stereocenters. The number of carbonyl (C=O) groups excluding carboxylic acids is 1. The average Bonchev–Trinajstić information content (AvgIpc) is 2.59. The van der Waals surface area contributed by atoms with Gasteiger partial charge in [-0.1, -0.05) is 26.0 Å². The predicted molar refractivity (Wildman–Crippen MR) is 95.5 cm³/mol. The lowest BCUT2D eigenvalue weighted by Gasteiger charge is -2.40. The van der Waals surface area contributed by atoms with Crippen molar-refractivity contribution in [2.75, 3.05) is 39.5 Å². The highest BCUT2D eigenvalue weighted by Crippen LogP contribution is 2.18. The van der Waals surface area contributed by atoms with E-state index in [-0.39, 0.29) is 18.1 Å². The Balaban J connectivity index is 1.74. The van der Waals surface area contributed by atoms with E-state index in [1.807, 2.05) is 24.3 Å². The fourth-order valence-corrected chi connectivity index (χ4v) is 2.74. The van der Waals surface area contributed by atoms with Crippen LogP contribution in [0.4, 0.5) is 0 Å². The Morgan fingerprint density at radius 2 is 1.88 bits per heavy atom. The number of nitrogens with zero attached hydrogens (tertiary/aromatic N) is 1. The summed E-state index contributed by atoms with van der Waals surface area (Å²) in [6.45, 7) is 12.6. The Kier molecular flexibility index (Phi) is 6.63. The van der Waals surface area contributed by atoms with Crippen molar-refractivity contribution in [3.05, 3.63) is 29.8 Å². The average molecular weight is 334 g/mol. The molecule has 0 spiro atoms. The molecule has 134 valence electrons. The summed E-state index contributed by atoms with van der Waals surface area (Å²) in [5.74, 6) is 1.12. The Hall–Kier alpha value is -1.59. The second kappa shape index (κ2) is 8.49. The number of rotatable bonds is 7. The van der Waals surface area contributed by atoms with Crippen molar-refractivity contribution < 1.29 is 14.3 Å². The van der Waals surface area contributed by atoms with Crippen molar-refractivity contribution >= 4 is 5.91 Å². The van der Waals surface area contributed by atoms with E-state index in [9.17, 15) is 4.79 Å². The molecule has 1 fully saturated rings. The van der Waals surface area contributed by atoms with Crippen molar-refractivity contribution in [2.45, 2.75) is 39.2 Å². The van der Waals surface area contributed by atoms with Gasteiger partial charge in [0.2, 0.25) is 0 Å². The molecule has 1 aromatic carbocycles. The molecule has 24 heavy (non-hydrogen) atoms. The minimum atomic E-state index is -0.0933. The maximum absolute atomic E-state index is 12.0. The molecule has 0 radical (unpaired) electrons. The first-order chi connectivity index (χ1) is 11.4. The molecule has 5 heteroatoms. The molecule has 2 rings (SSSR count). The van der Waals surface area contributed by atoms with Gasteiger partial charge >= 0.3 is 0 Å². The zero-order valence-electron chi connectivity index (χ0n) is 15.3. The molecule has 1 aliphatic rings. The maximum Gasteiger partial charge on any atom is 0.258 e. The van der Waals surface area contributed by atoms with Gasteiger partial charge in [0.1, 0.15) is 5.75 Å². The second-order valence-electron chi connectivity index (χ2n) is 7.20. The predicted octanol–water partition coefficient (Wildman–Crippen LogP) is 2.42. The molecule has 1 aliphatic heterocycles. The van der Waals surface area contributed by atoms with Gasteiger partial charge in [0.25, 0.3) is 5.91 Å². The number of nitrogens with one attached hydrogen (secondary N) is 1. The molecule has 1 aromatic rings. The van der Waals surface area contributed by atoms with Crippen LogP contribution in [0.5, 0.6) is 5.75 Å². The monoisotopic (exact) mass is 334 g/mol. The first kappa shape index (κ1) is 18.7. The molecule has 5 nitrogen and oxygen atoms in total. The van der Waals surface area contributed by atoms with E-state index in [1.165, 1.54) is 5.56 Å². The number of morpholine rings is 1. The third-order valence-electron chi connectivity index (χ3n) is 4.50. The molecular formula is C19H30N2O3. The summed E-state index contributed by atoms with van der Waals surface area (Å²) in [5.41, 5.74) is 1.18. The first-order valence-electron chi connectivity index (χ1n) is 8.71. The lowest BCUT2D eigenvalue weighted by molar-refractivity contribution is -0.123. The smallest absolute Gasteiger partial charge is 0.258 e. The van der Waals surface area contributed by atoms with E-state index in [2.05, 4.69) is 37.9 Å². The summed E-state index contributed by atoms with van der Waals surface area (Å²) in [6.07, 6.45) is 0. The molecule has 0 aliphatic carbocycles. The third kappa shape index (κ3) is 5.49. The Labute approximate surface area is 145 Å². The lowest BCUT2D eigenvalue weighted by Crippen LogP contribution is -2.55. The summed E-state index contributed by atoms with van der Waals surface area (Å²) in [7, 11) is 0. The molecule has 1 N–H and O–H groups in total. The topological polar surface area (TPSA) is 50.8 Å². The van der Waals surface area contributed by atoms with Gasteiger partial charge in [0.15, 0.2) is 6.61 Å². The highest BCUT2D eigenvalue weighted by atomic mass is 16.5. The quantitative estimate of drug-likeness (QED) is 0.832. The van der Waals surface area contributed by atoms with Gasteiger partial charge in [0, 0.05) is 25.2 Å². The van der Waals surface area contributed by atoms with Gasteiger partial charge in [-0.2, -0.15) is 0 Å². The number of amides is 1. The Bertz CT molecular complexity index is 520. The Morgan fingerprint density at radius 3 is 2.46 bits per heavy atom. The molecule has 1 saturated heterocycles. The van der Waals surface area contributed by atoms with Gasteiger partial charge < -0.3 is 14.8 Å². The molecule has 0 saturated carbocycles. The third-order valence-corrected chi connectivity index (χ3v) is 4.50. The number of benzene rings is 1. The van der Waals surface area contributed by atoms with Crippen LogP contribution in [0.2, 0.25) is 0 Å². The van der Waals surface area contributed by atoms with Crippen LogP contribution < -0.4 is 10.1 Å². The fraction of sp³-hybridized carbons (Fsp3) is 0.632. The van der Waals surface area contributed by atoms with Crippen LogP contribution in [-0.2, 0) is 9.53 Å². The summed E-state index contributed by atoms with van der Waals surface area (Å²) >= 11 is 0. The summed E-state index contributed by atoms with van der Waals surface area (Å²) in [5, 5.41) is 2.97. The van der Waals surface area contributed by atoms with Gasteiger partial charge in [0.05, 0.1) is 13.2 Å². The molecule has 1 heterocycles. The van der Waals surface area contributed by atoms with Crippen LogP contribution in [0, 0.1) is 0 Å². The van der Waals surface area contributed by atoms with Crippen molar-refractivity contribution in [3.8, 4) is 5.75 Å². The molecule has 1 amide bonds. The highest BCUT2D eigenvalue weighted by Gasteiger charge is 2.28. The zero-order valence-corrected chi connectivity index (χ0v) is 15.3. The highest BCUT2D eigenvalue weighted by molar-refractivity contribution is 5.77. The number of ether oxygens (including phenoxy) is 2. The molecule has 0 aromatic heterocycles. The number of hydrogen-bond donors (Lipinski definition) is 1. The second-order valence-corrected chi connectivity index (χ2v) is 7.20. The minimum absolute atomic E-state index is 0.0419. The van der Waals surface area contributed by atoms with Crippen molar-refractivity contribution in [3.63, 3.8) is 0 Å². The van der Waals surface area contributed by atoms with E-state index in [1.54, 1.807) is 0 Å². The van der Waals surface area contributed by atoms with E-state index >= 15 is 0 Å². The zero-order chi connectivity index (χ0) is 17.6. The van der Waals surface area contributed by atoms with Crippen molar-refractivity contribution in [1.82, 2.24) is 10.2 Å². The SMILES string of the molecule is CC(C)c1ccc(OCC(=O)NCC(C)(C)N2CCOCC2)cc1. The van der Waals surface area contributed by atoms with Crippen LogP contribution in [0.25, 0.3) is 0 Å². The van der Waals surface area contributed by atoms with Gasteiger partial charge in [-0.15, -0.1) is 0 Å². The van der Waals surface area contributed by atoms with E-state index in [0.29, 0.717) is 12.5 Å². The largest absolute Gasteiger partial charge is 0.484 e. The molecule has 0 atom stereocenters. The molecule has 0 bridgehead atoms. The standard InChI is InChI=1S/C19H30N2O3/c1-15(2)16-5-7-17(8-6-16)24-13-18(22)20-14-19(3,4)21-9-11-23-12-10-21/h5-8,15H,9-14H2,1-4H3,(H,20,22). The van der Waals surface area contributed by atoms with Crippen LogP contribution in [-0.4, -0.2) is 55.8 Å². The van der Waals surface area contributed by atoms with Crippen LogP contribution in [0.15, 0.2) is 24.3 Å². The normalized spacial score (nSPS) is 16.2. The first-order valence-corrected chi connectivity index (χ1v) is 8.71. The van der Waals surface area contributed by atoms with Crippen LogP contribution in [0.1, 0.15) is 39.2 Å². The number of carbonyl (C=O) groups is 1. The van der Waals surface area contributed by atoms with Gasteiger partial charge in [-0.25, -0.2) is 0 Å². The summed E-state index contributed by atoms with van der Waals surface area (Å²) in [4.78, 5) is 14.4. The van der Waals surface area contributed by atoms with Crippen LogP contribution >= 0.6 is 0 Å². The van der Waals surface area contributed by atoms with Crippen molar-refractivity contribution in [1.29, 1.82) is 0 Å². The van der Waals surface area contributed by atoms with Crippen LogP contribution in [0.3, 0.4) is 0 Å². The Morgan fingerprint density at radius 1 is 1.25 bits per heavy atom. The van der Waals surface area contributed by atoms with Gasteiger partial charge in [-0.05, 0) is 37.5 Å². The molecular weight excluding hydrogens is 304 g/mol. The summed E-state index contributed by atoms with van der Waals surface area (Å²) < 4.78 is 10.9. The van der Waals surface area contributed by atoms with E-state index in [0.717, 1.165) is 32.1 Å². The minimum Gasteiger partial charge on any atom is -0.484 e. The summed E-state index contributed by atoms with van der Waals surface area (Å²) in [6, 6.07) is 7.92. The lowest BCUT2D eigenvalue weighted by atomic mass is 10.0. The van der Waals surface area contributed by atoms with E-state index < -0.39 is 0 Å². The van der Waals surface area contributed by atoms with Crippen molar-refractivity contribution in [2.24, 2.45) is 0 Å². The van der Waals surface area contributed by atoms with Gasteiger partial charge in [-0.3, -0.25) is 9.69 Å². The fourth-order valence-electron chi connectivity index (χ4n) is 2.74. The van der Waals surface area contributed by atoms with E-state index in [4.69, 9.17) is 9.47 Å². The number of hydrogen-bond acceptors (Lipinski definition) is 4.